The fourth-order valence-corrected chi connectivity index (χ4v) is 2.96. The number of carbonyl (C=O) groups excluding carboxylic acids is 4. The summed E-state index contributed by atoms with van der Waals surface area (Å²) in [6.07, 6.45) is 0.118. The molecular weight excluding hydrogens is 302 g/mol. The zero-order chi connectivity index (χ0) is 16.7. The highest BCUT2D eigenvalue weighted by Gasteiger charge is 2.46. The first-order valence-corrected chi connectivity index (χ1v) is 7.18. The lowest BCUT2D eigenvalue weighted by atomic mass is 10.0. The van der Waals surface area contributed by atoms with Gasteiger partial charge in [0.05, 0.1) is 24.3 Å². The molecule has 4 amide bonds. The molecule has 3 N–H and O–H groups in total. The molecule has 23 heavy (non-hydrogen) atoms. The SMILES string of the molecule is Nc1ccc2c(c1)C(=O)N([C@H]1CCC(=O)N(CCO)C1=O)C2=O. The van der Waals surface area contributed by atoms with Crippen LogP contribution in [0.25, 0.3) is 0 Å². The van der Waals surface area contributed by atoms with Crippen LogP contribution in [0.5, 0.6) is 0 Å². The summed E-state index contributed by atoms with van der Waals surface area (Å²) < 4.78 is 0. The number of carbonyl (C=O) groups is 4. The third-order valence-corrected chi connectivity index (χ3v) is 4.06. The molecule has 1 saturated heterocycles. The quantitative estimate of drug-likeness (QED) is 0.566. The van der Waals surface area contributed by atoms with Gasteiger partial charge < -0.3 is 10.8 Å². The molecule has 0 radical (unpaired) electrons. The van der Waals surface area contributed by atoms with Gasteiger partial charge in [0.15, 0.2) is 0 Å². The molecule has 0 unspecified atom stereocenters. The number of benzene rings is 1. The minimum absolute atomic E-state index is 0.0337. The van der Waals surface area contributed by atoms with Gasteiger partial charge in [-0.3, -0.25) is 29.0 Å². The molecule has 2 aliphatic rings. The number of β-amino-alcohol motifs (C(OH)–C–C–N with tert-alkyl or cyclic N) is 1. The van der Waals surface area contributed by atoms with Crippen LogP contribution in [0.2, 0.25) is 0 Å². The van der Waals surface area contributed by atoms with Crippen molar-refractivity contribution >= 4 is 29.3 Å². The Kier molecular flexibility index (Phi) is 3.61. The van der Waals surface area contributed by atoms with Gasteiger partial charge in [-0.25, -0.2) is 0 Å². The summed E-state index contributed by atoms with van der Waals surface area (Å²) in [5.74, 6) is -2.21. The minimum Gasteiger partial charge on any atom is -0.399 e. The number of likely N-dealkylation sites (tertiary alicyclic amines) is 1. The number of amides is 4. The number of nitrogens with two attached hydrogens (primary N) is 1. The molecule has 1 atom stereocenters. The number of hydrogen-bond donors (Lipinski definition) is 2. The summed E-state index contributed by atoms with van der Waals surface area (Å²) in [5.41, 5.74) is 6.34. The molecule has 1 fully saturated rings. The van der Waals surface area contributed by atoms with Crippen LogP contribution in [0.15, 0.2) is 18.2 Å². The van der Waals surface area contributed by atoms with Crippen LogP contribution in [0, 0.1) is 0 Å². The van der Waals surface area contributed by atoms with E-state index in [1.165, 1.54) is 18.2 Å². The van der Waals surface area contributed by atoms with Crippen molar-refractivity contribution in [2.75, 3.05) is 18.9 Å². The van der Waals surface area contributed by atoms with E-state index in [1.54, 1.807) is 0 Å². The van der Waals surface area contributed by atoms with Gasteiger partial charge in [0.2, 0.25) is 5.91 Å². The van der Waals surface area contributed by atoms with Crippen LogP contribution in [-0.4, -0.2) is 57.7 Å². The van der Waals surface area contributed by atoms with E-state index in [2.05, 4.69) is 0 Å². The molecule has 1 aromatic carbocycles. The maximum absolute atomic E-state index is 12.5. The van der Waals surface area contributed by atoms with E-state index in [-0.39, 0.29) is 37.1 Å². The average molecular weight is 317 g/mol. The highest BCUT2D eigenvalue weighted by molar-refractivity contribution is 6.23. The molecule has 0 spiro atoms. The van der Waals surface area contributed by atoms with Crippen LogP contribution in [-0.2, 0) is 9.59 Å². The summed E-state index contributed by atoms with van der Waals surface area (Å²) in [5, 5.41) is 8.97. The van der Waals surface area contributed by atoms with Gasteiger partial charge >= 0.3 is 0 Å². The van der Waals surface area contributed by atoms with Crippen molar-refractivity contribution in [3.8, 4) is 0 Å². The van der Waals surface area contributed by atoms with Gasteiger partial charge in [-0.2, -0.15) is 0 Å². The molecule has 0 bridgehead atoms. The third kappa shape index (κ3) is 2.27. The van der Waals surface area contributed by atoms with E-state index in [0.717, 1.165) is 9.80 Å². The van der Waals surface area contributed by atoms with E-state index in [4.69, 9.17) is 10.8 Å². The van der Waals surface area contributed by atoms with Crippen molar-refractivity contribution in [3.05, 3.63) is 29.3 Å². The minimum atomic E-state index is -1.03. The molecule has 0 saturated carbocycles. The first kappa shape index (κ1) is 15.2. The molecule has 3 rings (SSSR count). The number of anilines is 1. The van der Waals surface area contributed by atoms with Crippen LogP contribution in [0.3, 0.4) is 0 Å². The summed E-state index contributed by atoms with van der Waals surface area (Å²) in [4.78, 5) is 51.0. The Hall–Kier alpha value is -2.74. The zero-order valence-corrected chi connectivity index (χ0v) is 12.2. The third-order valence-electron chi connectivity index (χ3n) is 4.06. The molecule has 120 valence electrons. The van der Waals surface area contributed by atoms with Crippen molar-refractivity contribution in [1.29, 1.82) is 0 Å². The molecule has 8 heteroatoms. The number of imide groups is 2. The number of hydrogen-bond acceptors (Lipinski definition) is 6. The number of aliphatic hydroxyl groups is 1. The second kappa shape index (κ2) is 5.47. The second-order valence-corrected chi connectivity index (χ2v) is 5.45. The average Bonchev–Trinajstić information content (AvgIpc) is 2.76. The smallest absolute Gasteiger partial charge is 0.262 e. The van der Waals surface area contributed by atoms with E-state index >= 15 is 0 Å². The number of piperidine rings is 1. The lowest BCUT2D eigenvalue weighted by molar-refractivity contribution is -0.152. The normalized spacial score (nSPS) is 21.2. The van der Waals surface area contributed by atoms with Gasteiger partial charge in [0, 0.05) is 12.1 Å². The van der Waals surface area contributed by atoms with Gasteiger partial charge in [-0.05, 0) is 24.6 Å². The van der Waals surface area contributed by atoms with Crippen molar-refractivity contribution in [2.24, 2.45) is 0 Å². The van der Waals surface area contributed by atoms with Gasteiger partial charge in [0.1, 0.15) is 6.04 Å². The Morgan fingerprint density at radius 1 is 1.13 bits per heavy atom. The number of aliphatic hydroxyl groups excluding tert-OH is 1. The monoisotopic (exact) mass is 317 g/mol. The zero-order valence-electron chi connectivity index (χ0n) is 12.2. The molecule has 2 heterocycles. The standard InChI is InChI=1S/C15H15N3O5/c16-8-1-2-9-10(7-8)14(22)18(13(9)21)11-3-4-12(20)17(5-6-19)15(11)23/h1-2,7,11,19H,3-6,16H2/t11-/m0/s1. The van der Waals surface area contributed by atoms with E-state index in [1.807, 2.05) is 0 Å². The van der Waals surface area contributed by atoms with Gasteiger partial charge in [-0.1, -0.05) is 0 Å². The highest BCUT2D eigenvalue weighted by Crippen LogP contribution is 2.30. The van der Waals surface area contributed by atoms with Gasteiger partial charge in [-0.15, -0.1) is 0 Å². The number of nitrogens with zero attached hydrogens (tertiary/aromatic N) is 2. The Morgan fingerprint density at radius 3 is 2.52 bits per heavy atom. The summed E-state index contributed by atoms with van der Waals surface area (Å²) in [6.45, 7) is -0.521. The fraction of sp³-hybridized carbons (Fsp3) is 0.333. The topological polar surface area (TPSA) is 121 Å². The Labute approximate surface area is 131 Å². The second-order valence-electron chi connectivity index (χ2n) is 5.45. The summed E-state index contributed by atoms with van der Waals surface area (Å²) in [7, 11) is 0. The van der Waals surface area contributed by atoms with Gasteiger partial charge in [0.25, 0.3) is 17.7 Å². The molecular formula is C15H15N3O5. The van der Waals surface area contributed by atoms with Crippen LogP contribution in [0.4, 0.5) is 5.69 Å². The maximum atomic E-state index is 12.5. The predicted molar refractivity (Wildman–Crippen MR) is 78.2 cm³/mol. The number of nitrogen functional groups attached to an aromatic ring is 1. The lowest BCUT2D eigenvalue weighted by Crippen LogP contribution is -2.56. The first-order valence-electron chi connectivity index (χ1n) is 7.18. The molecule has 1 aromatic rings. The summed E-state index contributed by atoms with van der Waals surface area (Å²) >= 11 is 0. The molecule has 0 aliphatic carbocycles. The fourth-order valence-electron chi connectivity index (χ4n) is 2.96. The molecule has 0 aromatic heterocycles. The molecule has 2 aliphatic heterocycles. The van der Waals surface area contributed by atoms with Crippen molar-refractivity contribution < 1.29 is 24.3 Å². The van der Waals surface area contributed by atoms with Crippen molar-refractivity contribution in [1.82, 2.24) is 9.80 Å². The number of fused-ring (bicyclic) bond motifs is 1. The highest BCUT2D eigenvalue weighted by atomic mass is 16.3. The Balaban J connectivity index is 1.94. The Bertz CT molecular complexity index is 730. The van der Waals surface area contributed by atoms with Crippen molar-refractivity contribution in [2.45, 2.75) is 18.9 Å². The lowest BCUT2D eigenvalue weighted by Gasteiger charge is -2.34. The first-order chi connectivity index (χ1) is 11.0. The maximum Gasteiger partial charge on any atom is 0.262 e. The Morgan fingerprint density at radius 2 is 1.83 bits per heavy atom. The largest absolute Gasteiger partial charge is 0.399 e. The van der Waals surface area contributed by atoms with E-state index in [9.17, 15) is 19.2 Å². The van der Waals surface area contributed by atoms with Crippen LogP contribution >= 0.6 is 0 Å². The van der Waals surface area contributed by atoms with Crippen LogP contribution in [0.1, 0.15) is 33.6 Å². The van der Waals surface area contributed by atoms with E-state index < -0.39 is 29.7 Å². The predicted octanol–water partition coefficient (Wildman–Crippen LogP) is -0.625. The molecule has 8 nitrogen and oxygen atoms in total. The number of rotatable bonds is 3. The van der Waals surface area contributed by atoms with Crippen molar-refractivity contribution in [3.63, 3.8) is 0 Å². The summed E-state index contributed by atoms with van der Waals surface area (Å²) in [6, 6.07) is 3.33. The van der Waals surface area contributed by atoms with Crippen LogP contribution < -0.4 is 5.73 Å². The van der Waals surface area contributed by atoms with E-state index in [0.29, 0.717) is 5.69 Å².